The summed E-state index contributed by atoms with van der Waals surface area (Å²) in [7, 11) is 0. The highest BCUT2D eigenvalue weighted by Gasteiger charge is 2.64. The van der Waals surface area contributed by atoms with Crippen LogP contribution in [0.25, 0.3) is 22.1 Å². The molecular formula is C80H104BrF6I2N11O6S. The first kappa shape index (κ1) is 80.0. The zero-order valence-electron chi connectivity index (χ0n) is 61.5. The molecule has 12 aliphatic carbocycles. The molecule has 0 saturated heterocycles. The van der Waals surface area contributed by atoms with Crippen molar-refractivity contribution in [2.24, 2.45) is 133 Å². The van der Waals surface area contributed by atoms with Gasteiger partial charge in [0, 0.05) is 36.3 Å². The van der Waals surface area contributed by atoms with E-state index < -0.39 is 36.1 Å². The average molecular weight is 1800 g/mol. The second kappa shape index (κ2) is 32.3. The molecule has 12 saturated carbocycles. The van der Waals surface area contributed by atoms with Crippen molar-refractivity contribution in [2.45, 2.75) is 243 Å². The molecule has 17 nitrogen and oxygen atoms in total. The highest BCUT2D eigenvalue weighted by atomic mass is 127. The number of nitrogens with zero attached hydrogens (tertiary/aromatic N) is 11. The standard InChI is InChI=1S/2C26H34F2N4O2.C21H31BrF2O2.C6H5N3.CI2S/c1-25-9-6-17-16-7-10-26(34,24(27)28)12-15(16)2-3-18(17)19(25)4-5-20(25)23(33)14-32-22-8-11-29-13-21(22)30-31-32;1-25-9-6-17-16-7-10-26(34,24(27)28)12-15(16)2-3-18(17)19(25)4-5-20(25)23(33)14-32-30-21-8-11-29-13-22(21)31-32;1-20-8-6-14-13-7-9-21(26,19(23)24)10-12(13)2-3-15(14)16(20)4-5-17(20)18(25)11-22;1-2-7-3-6-5(1)8-4-9-6;2-1(3)4/h2*8,11,13,15-20,24,34H,2-7,9-10,12,14H2,1H3;12-17,19,26H,2-11H2,1H3;1-3H,4H2;/t2*15-,16+,17-,18-,19+,20-,25+,26-;12-,13+,14-,15-,16+,17-,20+,21-;;/m111../s1. The molecule has 0 radical (unpaired) electrons. The third-order valence-corrected chi connectivity index (χ3v) is 31.6. The Kier molecular flexibility index (Phi) is 24.2. The lowest BCUT2D eigenvalue weighted by Crippen LogP contribution is -2.53. The Labute approximate surface area is 663 Å². The maximum Gasteiger partial charge on any atom is 0.266 e. The Bertz CT molecular complexity index is 4110. The number of alkyl halides is 7. The number of carbonyl (C=O) groups is 3. The predicted octanol–water partition coefficient (Wildman–Crippen LogP) is 16.0. The third kappa shape index (κ3) is 15.6. The predicted molar refractivity (Wildman–Crippen MR) is 416 cm³/mol. The van der Waals surface area contributed by atoms with Crippen molar-refractivity contribution >= 4 is 114 Å². The van der Waals surface area contributed by atoms with E-state index in [1.54, 1.807) is 47.9 Å². The molecule has 0 amide bonds. The summed E-state index contributed by atoms with van der Waals surface area (Å²) in [5, 5.41) is 50.8. The number of hydrogen-bond acceptors (Lipinski definition) is 16. The van der Waals surface area contributed by atoms with E-state index in [9.17, 15) is 56.0 Å². The number of halogens is 9. The fraction of sp³-hybridized carbons (Fsp3) is 0.762. The molecule has 584 valence electrons. The summed E-state index contributed by atoms with van der Waals surface area (Å²) in [6.45, 7) is 8.01. The van der Waals surface area contributed by atoms with E-state index in [1.807, 2.05) is 12.1 Å². The van der Waals surface area contributed by atoms with Gasteiger partial charge in [-0.3, -0.25) is 39.3 Å². The van der Waals surface area contributed by atoms with Crippen molar-refractivity contribution in [1.82, 2.24) is 44.9 Å². The van der Waals surface area contributed by atoms with E-state index in [-0.39, 0.29) is 115 Å². The number of thiocarbonyl (C=S) groups is 1. The van der Waals surface area contributed by atoms with Crippen molar-refractivity contribution in [1.29, 1.82) is 0 Å². The minimum absolute atomic E-state index is 0.00139. The van der Waals surface area contributed by atoms with E-state index in [1.165, 1.54) is 4.80 Å². The van der Waals surface area contributed by atoms with Gasteiger partial charge in [-0.15, -0.1) is 5.10 Å². The minimum Gasteiger partial charge on any atom is -0.384 e. The van der Waals surface area contributed by atoms with Gasteiger partial charge in [-0.2, -0.15) is 15.0 Å². The normalized spacial score (nSPS) is 40.3. The van der Waals surface area contributed by atoms with Crippen LogP contribution in [0.15, 0.2) is 65.4 Å². The van der Waals surface area contributed by atoms with Crippen LogP contribution in [-0.2, 0) is 27.5 Å². The molecule has 12 fully saturated rings. The zero-order valence-corrected chi connectivity index (χ0v) is 68.3. The van der Waals surface area contributed by atoms with Gasteiger partial charge in [0.15, 0.2) is 11.6 Å². The van der Waals surface area contributed by atoms with Gasteiger partial charge in [0.2, 0.25) is 0 Å². The molecule has 0 unspecified atom stereocenters. The Morgan fingerprint density at radius 2 is 0.879 bits per heavy atom. The summed E-state index contributed by atoms with van der Waals surface area (Å²) >= 11 is 12.0. The second-order valence-electron chi connectivity index (χ2n) is 35.6. The molecule has 24 atom stereocenters. The number of hydrogen-bond donors (Lipinski definition) is 3. The summed E-state index contributed by atoms with van der Waals surface area (Å²) in [5.74, 6) is 8.38. The molecule has 5 aromatic rings. The minimum atomic E-state index is -2.65. The van der Waals surface area contributed by atoms with Crippen molar-refractivity contribution in [3.8, 4) is 0 Å². The molecule has 5 aromatic heterocycles. The van der Waals surface area contributed by atoms with Crippen LogP contribution in [0.2, 0.25) is 0 Å². The molecule has 13 aliphatic rings. The van der Waals surface area contributed by atoms with Gasteiger partial charge in [-0.1, -0.05) is 54.1 Å². The molecule has 107 heavy (non-hydrogen) atoms. The maximum absolute atomic E-state index is 13.5. The van der Waals surface area contributed by atoms with Gasteiger partial charge in [0.1, 0.15) is 65.1 Å². The topological polar surface area (TPSA) is 237 Å². The third-order valence-electron chi connectivity index (χ3n) is 31.1. The summed E-state index contributed by atoms with van der Waals surface area (Å²) in [4.78, 5) is 61.2. The molecule has 0 bridgehead atoms. The Morgan fingerprint density at radius 1 is 0.486 bits per heavy atom. The van der Waals surface area contributed by atoms with Crippen molar-refractivity contribution in [3.05, 3.63) is 66.1 Å². The maximum atomic E-state index is 13.5. The van der Waals surface area contributed by atoms with Crippen molar-refractivity contribution < 1.29 is 56.0 Å². The summed E-state index contributed by atoms with van der Waals surface area (Å²) in [6, 6.07) is 5.53. The molecule has 0 aromatic carbocycles. The number of rotatable bonds is 11. The first-order valence-electron chi connectivity index (χ1n) is 39.7. The number of Topliss-reactive ketones (excluding diaryl/α,β-unsaturated/α-hetero) is 3. The number of aliphatic hydroxyl groups is 3. The Hall–Kier alpha value is -3.65. The van der Waals surface area contributed by atoms with Gasteiger partial charge in [-0.05, 0) is 342 Å². The number of carbonyl (C=O) groups excluding carboxylic acids is 3. The van der Waals surface area contributed by atoms with Crippen LogP contribution in [0.3, 0.4) is 0 Å². The fourth-order valence-electron chi connectivity index (χ4n) is 26.2. The first-order chi connectivity index (χ1) is 51.1. The molecule has 0 spiro atoms. The van der Waals surface area contributed by atoms with E-state index >= 15 is 0 Å². The van der Waals surface area contributed by atoms with Crippen molar-refractivity contribution in [3.63, 3.8) is 0 Å². The fourth-order valence-corrected chi connectivity index (χ4v) is 26.5. The number of fused-ring (bicyclic) bond motifs is 18. The molecule has 6 heterocycles. The number of ketones is 3. The number of aromatic nitrogens is 9. The summed E-state index contributed by atoms with van der Waals surface area (Å²) < 4.78 is 83.1. The number of pyridine rings is 3. The van der Waals surface area contributed by atoms with Gasteiger partial charge in [0.05, 0.1) is 34.8 Å². The van der Waals surface area contributed by atoms with Gasteiger partial charge in [-0.25, -0.2) is 31.0 Å². The zero-order chi connectivity index (χ0) is 75.7. The quantitative estimate of drug-likeness (QED) is 0.0367. The van der Waals surface area contributed by atoms with Gasteiger partial charge >= 0.3 is 0 Å². The molecule has 3 N–H and O–H groups in total. The largest absolute Gasteiger partial charge is 0.384 e. The second-order valence-corrected chi connectivity index (χ2v) is 42.2. The lowest BCUT2D eigenvalue weighted by molar-refractivity contribution is -0.160. The first-order valence-corrected chi connectivity index (χ1v) is 43.3. The summed E-state index contributed by atoms with van der Waals surface area (Å²) in [5.41, 5.74) is -2.20. The van der Waals surface area contributed by atoms with Crippen LogP contribution in [0.5, 0.6) is 0 Å². The van der Waals surface area contributed by atoms with E-state index in [0.29, 0.717) is 113 Å². The van der Waals surface area contributed by atoms with E-state index in [0.717, 1.165) is 145 Å². The highest BCUT2D eigenvalue weighted by molar-refractivity contribution is 14.2. The van der Waals surface area contributed by atoms with Gasteiger partial charge in [0.25, 0.3) is 19.3 Å². The lowest BCUT2D eigenvalue weighted by Gasteiger charge is -2.57. The van der Waals surface area contributed by atoms with Gasteiger partial charge < -0.3 is 15.3 Å². The van der Waals surface area contributed by atoms with Crippen LogP contribution >= 0.6 is 73.3 Å². The summed E-state index contributed by atoms with van der Waals surface area (Å²) in [6.07, 6.45) is 24.6. The van der Waals surface area contributed by atoms with Crippen molar-refractivity contribution in [2.75, 3.05) is 12.0 Å². The molecule has 1 aliphatic heterocycles. The smallest absolute Gasteiger partial charge is 0.266 e. The van der Waals surface area contributed by atoms with E-state index in [4.69, 9.17) is 0 Å². The van der Waals surface area contributed by atoms with Crippen LogP contribution in [0, 0.1) is 123 Å². The highest BCUT2D eigenvalue weighted by Crippen LogP contribution is 2.69. The molecular weight excluding hydrogens is 1690 g/mol. The van der Waals surface area contributed by atoms with E-state index in [2.05, 4.69) is 140 Å². The lowest BCUT2D eigenvalue weighted by atomic mass is 9.49. The molecule has 18 rings (SSSR count). The van der Waals surface area contributed by atoms with Crippen LogP contribution < -0.4 is 10.7 Å². The SMILES string of the molecule is C[C@]12CC[C@H]3[C@@H](CC[C@@H]4C[C@@](O)(C(F)F)CC[C@@H]43)[C@@H]1CC[C@@H]2C(=O)CBr.C[C@]12CC[C@H]3[C@@H](CC[C@@H]4C[C@@](O)(C(F)F)CC[C@@H]43)[C@@H]1CC[C@@H]2C(=O)Cn1nc2ccncc2n1.C[C@]12CC[C@H]3[C@@H](CC[C@@H]4C[C@@](O)(C(F)F)CC[C@@H]43)[C@@H]1CC[C@@H]2C(=O)Cn1nnc2cnccc21.S=C(I)I.c1cc2c(cn1)=NCN=2. The Balaban J connectivity index is 0.000000125. The average Bonchev–Trinajstić information content (AvgIpc) is 1.61. The van der Waals surface area contributed by atoms with Crippen LogP contribution in [0.4, 0.5) is 26.3 Å². The monoisotopic (exact) mass is 1790 g/mol. The van der Waals surface area contributed by atoms with Crippen LogP contribution in [0.1, 0.15) is 194 Å². The molecule has 27 heteroatoms. The Morgan fingerprint density at radius 3 is 1.32 bits per heavy atom. The van der Waals surface area contributed by atoms with Crippen LogP contribution in [-0.4, -0.2) is 127 Å².